The van der Waals surface area contributed by atoms with Crippen molar-refractivity contribution in [1.82, 2.24) is 4.90 Å². The molecule has 1 saturated heterocycles. The minimum atomic E-state index is 0.545. The van der Waals surface area contributed by atoms with E-state index < -0.39 is 0 Å². The highest BCUT2D eigenvalue weighted by Crippen LogP contribution is 2.31. The summed E-state index contributed by atoms with van der Waals surface area (Å²) in [5.74, 6) is 3.36. The fourth-order valence-electron chi connectivity index (χ4n) is 3.87. The summed E-state index contributed by atoms with van der Waals surface area (Å²) in [6.07, 6.45) is 2.43. The van der Waals surface area contributed by atoms with Gasteiger partial charge < -0.3 is 13.9 Å². The highest BCUT2D eigenvalue weighted by Gasteiger charge is 2.22. The SMILES string of the molecule is COc1cccc(C2CCCN(Cc3cc4cc(OC)ccc4o3)C2)c1. The van der Waals surface area contributed by atoms with Gasteiger partial charge in [-0.05, 0) is 67.3 Å². The third kappa shape index (κ3) is 3.56. The van der Waals surface area contributed by atoms with Crippen molar-refractivity contribution in [3.8, 4) is 11.5 Å². The van der Waals surface area contributed by atoms with Crippen LogP contribution in [0.1, 0.15) is 30.1 Å². The topological polar surface area (TPSA) is 34.8 Å². The van der Waals surface area contributed by atoms with Crippen molar-refractivity contribution in [2.75, 3.05) is 27.3 Å². The van der Waals surface area contributed by atoms with E-state index in [1.54, 1.807) is 14.2 Å². The summed E-state index contributed by atoms with van der Waals surface area (Å²) in [5, 5.41) is 1.10. The Morgan fingerprint density at radius 1 is 1.04 bits per heavy atom. The second kappa shape index (κ2) is 7.42. The van der Waals surface area contributed by atoms with Crippen molar-refractivity contribution in [1.29, 1.82) is 0 Å². The van der Waals surface area contributed by atoms with Gasteiger partial charge in [0.25, 0.3) is 0 Å². The summed E-state index contributed by atoms with van der Waals surface area (Å²) in [6, 6.07) is 16.5. The van der Waals surface area contributed by atoms with Gasteiger partial charge in [0.15, 0.2) is 0 Å². The predicted molar refractivity (Wildman–Crippen MR) is 103 cm³/mol. The molecule has 3 aromatic rings. The summed E-state index contributed by atoms with van der Waals surface area (Å²) in [5.41, 5.74) is 2.28. The number of piperidine rings is 1. The Hall–Kier alpha value is -2.46. The van der Waals surface area contributed by atoms with Crippen molar-refractivity contribution in [2.24, 2.45) is 0 Å². The molecule has 1 aliphatic rings. The first-order valence-corrected chi connectivity index (χ1v) is 9.18. The molecule has 2 aromatic carbocycles. The molecule has 26 heavy (non-hydrogen) atoms. The van der Waals surface area contributed by atoms with Gasteiger partial charge in [-0.25, -0.2) is 0 Å². The Morgan fingerprint density at radius 3 is 2.73 bits per heavy atom. The van der Waals surface area contributed by atoms with E-state index in [1.165, 1.54) is 18.4 Å². The number of hydrogen-bond donors (Lipinski definition) is 0. The van der Waals surface area contributed by atoms with E-state index in [2.05, 4.69) is 29.2 Å². The Kier molecular flexibility index (Phi) is 4.85. The van der Waals surface area contributed by atoms with Gasteiger partial charge >= 0.3 is 0 Å². The van der Waals surface area contributed by atoms with Crippen LogP contribution < -0.4 is 9.47 Å². The van der Waals surface area contributed by atoms with E-state index in [-0.39, 0.29) is 0 Å². The number of fused-ring (bicyclic) bond motifs is 1. The number of likely N-dealkylation sites (tertiary alicyclic amines) is 1. The Labute approximate surface area is 154 Å². The number of furan rings is 1. The molecule has 1 aliphatic heterocycles. The fraction of sp³-hybridized carbons (Fsp3) is 0.364. The van der Waals surface area contributed by atoms with Gasteiger partial charge in [-0.2, -0.15) is 0 Å². The Morgan fingerprint density at radius 2 is 1.88 bits per heavy atom. The molecule has 0 spiro atoms. The molecule has 0 amide bonds. The largest absolute Gasteiger partial charge is 0.497 e. The smallest absolute Gasteiger partial charge is 0.134 e. The molecule has 2 heterocycles. The molecular formula is C22H25NO3. The van der Waals surface area contributed by atoms with Gasteiger partial charge in [0.2, 0.25) is 0 Å². The first-order valence-electron chi connectivity index (χ1n) is 9.18. The number of hydrogen-bond acceptors (Lipinski definition) is 4. The molecule has 4 rings (SSSR count). The van der Waals surface area contributed by atoms with Gasteiger partial charge in [0.05, 0.1) is 20.8 Å². The molecule has 1 fully saturated rings. The number of methoxy groups -OCH3 is 2. The maximum Gasteiger partial charge on any atom is 0.134 e. The summed E-state index contributed by atoms with van der Waals surface area (Å²) in [6.45, 7) is 3.01. The van der Waals surface area contributed by atoms with E-state index >= 15 is 0 Å². The van der Waals surface area contributed by atoms with E-state index in [0.717, 1.165) is 47.9 Å². The van der Waals surface area contributed by atoms with E-state index in [1.807, 2.05) is 24.3 Å². The Balaban J connectivity index is 1.48. The zero-order valence-corrected chi connectivity index (χ0v) is 15.4. The maximum atomic E-state index is 6.03. The van der Waals surface area contributed by atoms with Crippen LogP contribution in [0.15, 0.2) is 52.9 Å². The molecule has 1 unspecified atom stereocenters. The number of benzene rings is 2. The molecule has 0 aliphatic carbocycles. The second-order valence-electron chi connectivity index (χ2n) is 6.97. The van der Waals surface area contributed by atoms with Crippen LogP contribution in [0.3, 0.4) is 0 Å². The van der Waals surface area contributed by atoms with Crippen molar-refractivity contribution >= 4 is 11.0 Å². The predicted octanol–water partition coefficient (Wildman–Crippen LogP) is 4.83. The number of rotatable bonds is 5. The highest BCUT2D eigenvalue weighted by molar-refractivity contribution is 5.79. The van der Waals surface area contributed by atoms with Crippen LogP contribution in [0.2, 0.25) is 0 Å². The van der Waals surface area contributed by atoms with Crippen LogP contribution in [-0.4, -0.2) is 32.2 Å². The lowest BCUT2D eigenvalue weighted by atomic mass is 9.90. The first kappa shape index (κ1) is 17.0. The Bertz CT molecular complexity index is 886. The standard InChI is InChI=1S/C22H25NO3/c1-24-19-7-3-5-16(11-19)17-6-4-10-23(14-17)15-21-13-18-12-20(25-2)8-9-22(18)26-21/h3,5,7-9,11-13,17H,4,6,10,14-15H2,1-2H3. The molecule has 1 aromatic heterocycles. The van der Waals surface area contributed by atoms with Crippen molar-refractivity contribution in [3.63, 3.8) is 0 Å². The number of nitrogens with zero attached hydrogens (tertiary/aromatic N) is 1. The molecule has 4 heteroatoms. The lowest BCUT2D eigenvalue weighted by Crippen LogP contribution is -2.33. The van der Waals surface area contributed by atoms with E-state index in [0.29, 0.717) is 5.92 Å². The molecule has 136 valence electrons. The third-order valence-electron chi connectivity index (χ3n) is 5.22. The maximum absolute atomic E-state index is 6.03. The first-order chi connectivity index (χ1) is 12.7. The van der Waals surface area contributed by atoms with Crippen molar-refractivity contribution < 1.29 is 13.9 Å². The van der Waals surface area contributed by atoms with Gasteiger partial charge in [-0.3, -0.25) is 4.90 Å². The lowest BCUT2D eigenvalue weighted by molar-refractivity contribution is 0.188. The molecule has 1 atom stereocenters. The van der Waals surface area contributed by atoms with Crippen molar-refractivity contribution in [2.45, 2.75) is 25.3 Å². The lowest BCUT2D eigenvalue weighted by Gasteiger charge is -2.32. The average molecular weight is 351 g/mol. The molecule has 0 radical (unpaired) electrons. The zero-order valence-electron chi connectivity index (χ0n) is 15.4. The summed E-state index contributed by atoms with van der Waals surface area (Å²) >= 11 is 0. The summed E-state index contributed by atoms with van der Waals surface area (Å²) in [7, 11) is 3.41. The second-order valence-corrected chi connectivity index (χ2v) is 6.97. The molecular weight excluding hydrogens is 326 g/mol. The van der Waals surface area contributed by atoms with Crippen molar-refractivity contribution in [3.05, 3.63) is 59.9 Å². The summed E-state index contributed by atoms with van der Waals surface area (Å²) < 4.78 is 16.7. The van der Waals surface area contributed by atoms with Crippen LogP contribution in [0, 0.1) is 0 Å². The van der Waals surface area contributed by atoms with Gasteiger partial charge in [0.1, 0.15) is 22.8 Å². The van der Waals surface area contributed by atoms with Crippen LogP contribution in [0.5, 0.6) is 11.5 Å². The zero-order chi connectivity index (χ0) is 17.9. The van der Waals surface area contributed by atoms with E-state index in [4.69, 9.17) is 13.9 Å². The third-order valence-corrected chi connectivity index (χ3v) is 5.22. The average Bonchev–Trinajstić information content (AvgIpc) is 3.09. The van der Waals surface area contributed by atoms with Gasteiger partial charge in [-0.15, -0.1) is 0 Å². The monoisotopic (exact) mass is 351 g/mol. The van der Waals surface area contributed by atoms with Gasteiger partial charge in [-0.1, -0.05) is 12.1 Å². The quantitative estimate of drug-likeness (QED) is 0.659. The van der Waals surface area contributed by atoms with Gasteiger partial charge in [0, 0.05) is 11.9 Å². The summed E-state index contributed by atoms with van der Waals surface area (Å²) in [4.78, 5) is 2.49. The molecule has 0 bridgehead atoms. The fourth-order valence-corrected chi connectivity index (χ4v) is 3.87. The van der Waals surface area contributed by atoms with Crippen LogP contribution in [0.25, 0.3) is 11.0 Å². The minimum absolute atomic E-state index is 0.545. The van der Waals surface area contributed by atoms with E-state index in [9.17, 15) is 0 Å². The highest BCUT2D eigenvalue weighted by atomic mass is 16.5. The van der Waals surface area contributed by atoms with Crippen LogP contribution in [-0.2, 0) is 6.54 Å². The molecule has 0 N–H and O–H groups in total. The van der Waals surface area contributed by atoms with Crippen LogP contribution in [0.4, 0.5) is 0 Å². The number of ether oxygens (including phenoxy) is 2. The van der Waals surface area contributed by atoms with Crippen LogP contribution >= 0.6 is 0 Å². The molecule has 4 nitrogen and oxygen atoms in total. The molecule has 0 saturated carbocycles. The normalized spacial score (nSPS) is 18.2. The minimum Gasteiger partial charge on any atom is -0.497 e.